The lowest BCUT2D eigenvalue weighted by Crippen LogP contribution is -2.33. The minimum Gasteiger partial charge on any atom is -0.316 e. The van der Waals surface area contributed by atoms with Crippen LogP contribution < -0.4 is 5.32 Å². The van der Waals surface area contributed by atoms with E-state index in [1.54, 1.807) is 4.88 Å². The quantitative estimate of drug-likeness (QED) is 0.757. The second-order valence-corrected chi connectivity index (χ2v) is 8.81. The summed E-state index contributed by atoms with van der Waals surface area (Å²) in [6.45, 7) is 6.95. The molecule has 3 heteroatoms. The molecular weight excluding hydrogens is 318 g/mol. The van der Waals surface area contributed by atoms with Crippen LogP contribution >= 0.6 is 27.3 Å². The Kier molecular flexibility index (Phi) is 6.37. The van der Waals surface area contributed by atoms with Gasteiger partial charge in [0, 0.05) is 4.88 Å². The average Bonchev–Trinajstić information content (AvgIpc) is 2.77. The lowest BCUT2D eigenvalue weighted by molar-refractivity contribution is 0.227. The molecule has 2 atom stereocenters. The number of hydrogen-bond donors (Lipinski definition) is 1. The lowest BCUT2D eigenvalue weighted by atomic mass is 9.77. The van der Waals surface area contributed by atoms with E-state index in [0.29, 0.717) is 0 Å². The zero-order valence-corrected chi connectivity index (χ0v) is 14.5. The van der Waals surface area contributed by atoms with Crippen molar-refractivity contribution in [3.05, 3.63) is 20.8 Å². The van der Waals surface area contributed by atoms with Gasteiger partial charge < -0.3 is 5.32 Å². The summed E-state index contributed by atoms with van der Waals surface area (Å²) in [5, 5.41) is 3.67. The molecule has 1 saturated carbocycles. The summed E-state index contributed by atoms with van der Waals surface area (Å²) in [6, 6.07) is 4.48. The maximum absolute atomic E-state index is 3.67. The minimum atomic E-state index is 0.760. The molecule has 0 amide bonds. The van der Waals surface area contributed by atoms with Crippen molar-refractivity contribution in [1.29, 1.82) is 0 Å². The number of thiophene rings is 1. The number of halogens is 1. The Bertz CT molecular complexity index is 375. The first kappa shape index (κ1) is 15.5. The Morgan fingerprint density at radius 2 is 2.00 bits per heavy atom. The molecule has 1 heterocycles. The van der Waals surface area contributed by atoms with Gasteiger partial charge in [-0.25, -0.2) is 0 Å². The van der Waals surface area contributed by atoms with Gasteiger partial charge in [0.1, 0.15) is 0 Å². The van der Waals surface area contributed by atoms with Crippen LogP contribution in [-0.2, 0) is 6.42 Å². The first-order valence-electron chi connectivity index (χ1n) is 7.60. The largest absolute Gasteiger partial charge is 0.316 e. The molecule has 108 valence electrons. The van der Waals surface area contributed by atoms with Gasteiger partial charge in [-0.15, -0.1) is 11.3 Å². The topological polar surface area (TPSA) is 12.0 Å². The normalized spacial score (nSPS) is 24.0. The van der Waals surface area contributed by atoms with E-state index < -0.39 is 0 Å². The van der Waals surface area contributed by atoms with Crippen LogP contribution in [0, 0.1) is 17.8 Å². The van der Waals surface area contributed by atoms with Crippen molar-refractivity contribution in [2.24, 2.45) is 17.8 Å². The van der Waals surface area contributed by atoms with Gasteiger partial charge in [0.25, 0.3) is 0 Å². The van der Waals surface area contributed by atoms with Crippen molar-refractivity contribution in [2.45, 2.75) is 46.0 Å². The summed E-state index contributed by atoms with van der Waals surface area (Å²) in [7, 11) is 0. The molecule has 0 saturated heterocycles. The first-order chi connectivity index (χ1) is 9.15. The van der Waals surface area contributed by atoms with Crippen LogP contribution in [0.4, 0.5) is 0 Å². The van der Waals surface area contributed by atoms with Gasteiger partial charge in [-0.2, -0.15) is 0 Å². The summed E-state index contributed by atoms with van der Waals surface area (Å²) in [6.07, 6.45) is 6.98. The highest BCUT2D eigenvalue weighted by molar-refractivity contribution is 9.11. The molecule has 0 aliphatic heterocycles. The zero-order valence-electron chi connectivity index (χ0n) is 12.1. The third-order valence-electron chi connectivity index (χ3n) is 4.12. The molecule has 2 unspecified atom stereocenters. The van der Waals surface area contributed by atoms with Crippen molar-refractivity contribution >= 4 is 27.3 Å². The van der Waals surface area contributed by atoms with E-state index in [1.807, 2.05) is 11.3 Å². The van der Waals surface area contributed by atoms with E-state index in [1.165, 1.54) is 42.4 Å². The summed E-state index contributed by atoms with van der Waals surface area (Å²) < 4.78 is 1.27. The summed E-state index contributed by atoms with van der Waals surface area (Å²) >= 11 is 5.48. The SMILES string of the molecule is CC(C)CNCC1CCCCC1Cc1ccc(Br)s1. The van der Waals surface area contributed by atoms with E-state index in [4.69, 9.17) is 0 Å². The first-order valence-corrected chi connectivity index (χ1v) is 9.21. The van der Waals surface area contributed by atoms with Crippen LogP contribution in [0.25, 0.3) is 0 Å². The Morgan fingerprint density at radius 3 is 2.63 bits per heavy atom. The van der Waals surface area contributed by atoms with Crippen molar-refractivity contribution in [3.63, 3.8) is 0 Å². The van der Waals surface area contributed by atoms with Crippen LogP contribution in [0.5, 0.6) is 0 Å². The predicted octanol–water partition coefficient (Wildman–Crippen LogP) is 5.11. The highest BCUT2D eigenvalue weighted by Crippen LogP contribution is 2.34. The van der Waals surface area contributed by atoms with Crippen molar-refractivity contribution in [2.75, 3.05) is 13.1 Å². The fraction of sp³-hybridized carbons (Fsp3) is 0.750. The zero-order chi connectivity index (χ0) is 13.7. The molecule has 1 N–H and O–H groups in total. The Balaban J connectivity index is 1.84. The van der Waals surface area contributed by atoms with Gasteiger partial charge in [-0.05, 0) is 78.2 Å². The Hall–Kier alpha value is 0.140. The van der Waals surface area contributed by atoms with Gasteiger partial charge >= 0.3 is 0 Å². The molecule has 2 rings (SSSR count). The molecular formula is C16H26BrNS. The van der Waals surface area contributed by atoms with Crippen LogP contribution in [0.3, 0.4) is 0 Å². The molecule has 1 aliphatic carbocycles. The van der Waals surface area contributed by atoms with Gasteiger partial charge in [-0.3, -0.25) is 0 Å². The highest BCUT2D eigenvalue weighted by atomic mass is 79.9. The number of rotatable bonds is 6. The van der Waals surface area contributed by atoms with Gasteiger partial charge in [0.2, 0.25) is 0 Å². The summed E-state index contributed by atoms with van der Waals surface area (Å²) in [5.41, 5.74) is 0. The molecule has 1 nitrogen and oxygen atoms in total. The third kappa shape index (κ3) is 5.20. The highest BCUT2D eigenvalue weighted by Gasteiger charge is 2.25. The standard InChI is InChI=1S/C16H26BrNS/c1-12(2)10-18-11-14-6-4-3-5-13(14)9-15-7-8-16(17)19-15/h7-8,12-14,18H,3-6,9-11H2,1-2H3. The second-order valence-electron chi connectivity index (χ2n) is 6.27. The van der Waals surface area contributed by atoms with Gasteiger partial charge in [-0.1, -0.05) is 26.7 Å². The predicted molar refractivity (Wildman–Crippen MR) is 88.9 cm³/mol. The molecule has 19 heavy (non-hydrogen) atoms. The van der Waals surface area contributed by atoms with E-state index in [9.17, 15) is 0 Å². The smallest absolute Gasteiger partial charge is 0.0701 e. The van der Waals surface area contributed by atoms with Gasteiger partial charge in [0.15, 0.2) is 0 Å². The summed E-state index contributed by atoms with van der Waals surface area (Å²) in [5.74, 6) is 2.53. The molecule has 0 radical (unpaired) electrons. The van der Waals surface area contributed by atoms with Crippen molar-refractivity contribution in [1.82, 2.24) is 5.32 Å². The number of nitrogens with one attached hydrogen (secondary N) is 1. The van der Waals surface area contributed by atoms with E-state index in [-0.39, 0.29) is 0 Å². The Morgan fingerprint density at radius 1 is 1.26 bits per heavy atom. The maximum atomic E-state index is 3.67. The van der Waals surface area contributed by atoms with E-state index in [2.05, 4.69) is 47.2 Å². The second kappa shape index (κ2) is 7.80. The monoisotopic (exact) mass is 343 g/mol. The average molecular weight is 344 g/mol. The van der Waals surface area contributed by atoms with Crippen LogP contribution in [-0.4, -0.2) is 13.1 Å². The molecule has 0 aromatic carbocycles. The van der Waals surface area contributed by atoms with Gasteiger partial charge in [0.05, 0.1) is 3.79 Å². The maximum Gasteiger partial charge on any atom is 0.0701 e. The number of hydrogen-bond acceptors (Lipinski definition) is 2. The molecule has 1 aromatic rings. The minimum absolute atomic E-state index is 0.760. The fourth-order valence-electron chi connectivity index (χ4n) is 3.10. The van der Waals surface area contributed by atoms with E-state index in [0.717, 1.165) is 24.3 Å². The van der Waals surface area contributed by atoms with E-state index >= 15 is 0 Å². The lowest BCUT2D eigenvalue weighted by Gasteiger charge is -2.32. The molecule has 0 bridgehead atoms. The van der Waals surface area contributed by atoms with Crippen molar-refractivity contribution < 1.29 is 0 Å². The molecule has 1 fully saturated rings. The van der Waals surface area contributed by atoms with Crippen molar-refractivity contribution in [3.8, 4) is 0 Å². The molecule has 1 aromatic heterocycles. The van der Waals surface area contributed by atoms with Crippen LogP contribution in [0.15, 0.2) is 15.9 Å². The molecule has 1 aliphatic rings. The third-order valence-corrected chi connectivity index (χ3v) is 5.76. The Labute approximate surface area is 130 Å². The fourth-order valence-corrected chi connectivity index (χ4v) is 4.68. The van der Waals surface area contributed by atoms with Crippen LogP contribution in [0.1, 0.15) is 44.4 Å². The summed E-state index contributed by atoms with van der Waals surface area (Å²) in [4.78, 5) is 1.55. The van der Waals surface area contributed by atoms with Crippen LogP contribution in [0.2, 0.25) is 0 Å². The molecule has 0 spiro atoms.